The van der Waals surface area contributed by atoms with Gasteiger partial charge in [-0.2, -0.15) is 0 Å². The van der Waals surface area contributed by atoms with Gasteiger partial charge in [-0.3, -0.25) is 4.79 Å². The smallest absolute Gasteiger partial charge is 0.290 e. The Bertz CT molecular complexity index is 18.9. The number of rotatable bonds is 0. The maximum Gasteiger partial charge on any atom is 0.290 e. The van der Waals surface area contributed by atoms with Crippen LogP contribution in [0.1, 0.15) is 0 Å². The highest BCUT2D eigenvalue weighted by Gasteiger charge is 1.22. The van der Waals surface area contributed by atoms with Crippen LogP contribution in [0.15, 0.2) is 0 Å². The van der Waals surface area contributed by atoms with Gasteiger partial charge in [-0.25, -0.2) is 0 Å². The average molecular weight is 76.1 g/mol. The zero-order valence-corrected chi connectivity index (χ0v) is 2.55. The molecule has 0 aliphatic rings. The normalized spacial score (nSPS) is 3.20. The summed E-state index contributed by atoms with van der Waals surface area (Å²) in [5.74, 6) is 0. The Morgan fingerprint density at radius 1 is 1.60 bits per heavy atom. The second-order valence-corrected chi connectivity index (χ2v) is 0.105. The summed E-state index contributed by atoms with van der Waals surface area (Å²) >= 11 is 0. The highest BCUT2D eigenvalue weighted by Crippen LogP contribution is 0.966. The van der Waals surface area contributed by atoms with E-state index in [0.29, 0.717) is 0 Å². The first-order valence-electron chi connectivity index (χ1n) is 0.783. The van der Waals surface area contributed by atoms with Crippen molar-refractivity contribution in [3.05, 3.63) is 0 Å². The summed E-state index contributed by atoms with van der Waals surface area (Å²) in [4.78, 5) is 16.4. The average Bonchev–Trinajstić information content (AvgIpc) is 1.46. The summed E-state index contributed by atoms with van der Waals surface area (Å²) in [7, 11) is 0. The molecule has 0 rings (SSSR count). The Morgan fingerprint density at radius 3 is 1.60 bits per heavy atom. The fraction of sp³-hybridized carbons (Fsp3) is 0. The number of carbonyl (C=O) groups is 2. The van der Waals surface area contributed by atoms with Crippen LogP contribution in [0.4, 0.5) is 0 Å². The monoisotopic (exact) mass is 76.0 g/mol. The van der Waals surface area contributed by atoms with E-state index in [2.05, 4.69) is 0 Å². The fourth-order valence-corrected chi connectivity index (χ4v) is 0. The molecule has 0 radical (unpaired) electrons. The molecule has 0 aromatic heterocycles. The van der Waals surface area contributed by atoms with Gasteiger partial charge in [0, 0.05) is 0 Å². The quantitative estimate of drug-likeness (QED) is 0.396. The van der Waals surface area contributed by atoms with E-state index in [-0.39, 0.29) is 6.47 Å². The fourth-order valence-electron chi connectivity index (χ4n) is 0. The van der Waals surface area contributed by atoms with Crippen molar-refractivity contribution in [3.8, 4) is 0 Å². The predicted octanol–water partition coefficient (Wildman–Crippen LogP) is -0.484. The molecule has 5 heavy (non-hydrogen) atoms. The molecule has 0 bridgehead atoms. The number of carboxylic acid groups (broad SMARTS) is 1. The van der Waals surface area contributed by atoms with Crippen molar-refractivity contribution in [2.75, 3.05) is 0 Å². The Hall–Kier alpha value is -0.860. The van der Waals surface area contributed by atoms with Gasteiger partial charge >= 0.3 is 0 Å². The minimum atomic E-state index is -0.250. The molecule has 0 atom stereocenters. The standard InChI is InChI=1S/CH2O2.CH2O/c2-1-3;1-2/h1H,(H,2,3);1H2. The van der Waals surface area contributed by atoms with E-state index in [4.69, 9.17) is 14.7 Å². The Balaban J connectivity index is 0. The van der Waals surface area contributed by atoms with Crippen LogP contribution in [-0.4, -0.2) is 18.4 Å². The van der Waals surface area contributed by atoms with Gasteiger partial charge in [0.2, 0.25) is 0 Å². The Labute approximate surface area is 29.2 Å². The van der Waals surface area contributed by atoms with Crippen LogP contribution in [0.5, 0.6) is 0 Å². The van der Waals surface area contributed by atoms with Crippen molar-refractivity contribution >= 4 is 13.3 Å². The van der Waals surface area contributed by atoms with Crippen LogP contribution in [0.25, 0.3) is 0 Å². The zero-order valence-electron chi connectivity index (χ0n) is 2.55. The molecule has 3 heteroatoms. The van der Waals surface area contributed by atoms with Crippen molar-refractivity contribution in [1.29, 1.82) is 0 Å². The van der Waals surface area contributed by atoms with Gasteiger partial charge in [0.05, 0.1) is 0 Å². The van der Waals surface area contributed by atoms with E-state index in [9.17, 15) is 0 Å². The second-order valence-electron chi connectivity index (χ2n) is 0.105. The number of hydrogen-bond acceptors (Lipinski definition) is 2. The predicted molar refractivity (Wildman–Crippen MR) is 15.8 cm³/mol. The molecule has 3 nitrogen and oxygen atoms in total. The van der Waals surface area contributed by atoms with E-state index < -0.39 is 0 Å². The van der Waals surface area contributed by atoms with Gasteiger partial charge in [-0.1, -0.05) is 0 Å². The van der Waals surface area contributed by atoms with E-state index in [1.165, 1.54) is 0 Å². The SMILES string of the molecule is C=O.O=CO. The second kappa shape index (κ2) is 734. The lowest BCUT2D eigenvalue weighted by Crippen LogP contribution is -1.49. The molecule has 1 N–H and O–H groups in total. The first-order chi connectivity index (χ1) is 2.41. The Morgan fingerprint density at radius 2 is 1.60 bits per heavy atom. The zero-order chi connectivity index (χ0) is 4.71. The summed E-state index contributed by atoms with van der Waals surface area (Å²) in [6, 6.07) is 0. The summed E-state index contributed by atoms with van der Waals surface area (Å²) in [6.45, 7) is 1.75. The van der Waals surface area contributed by atoms with Crippen LogP contribution in [-0.2, 0) is 9.59 Å². The molecule has 0 aromatic carbocycles. The van der Waals surface area contributed by atoms with Crippen molar-refractivity contribution in [2.24, 2.45) is 0 Å². The Kier molecular flexibility index (Phi) is 1310. The summed E-state index contributed by atoms with van der Waals surface area (Å²) in [5.41, 5.74) is 0. The summed E-state index contributed by atoms with van der Waals surface area (Å²) in [6.07, 6.45) is 0. The molecule has 0 saturated carbocycles. The van der Waals surface area contributed by atoms with Crippen LogP contribution in [0, 0.1) is 0 Å². The van der Waals surface area contributed by atoms with Crippen molar-refractivity contribution in [2.45, 2.75) is 0 Å². The highest BCUT2D eigenvalue weighted by atomic mass is 16.3. The molecular formula is C2H4O3. The lowest BCUT2D eigenvalue weighted by molar-refractivity contribution is -0.122. The van der Waals surface area contributed by atoms with E-state index in [0.717, 1.165) is 0 Å². The largest absolute Gasteiger partial charge is 0.483 e. The van der Waals surface area contributed by atoms with Crippen LogP contribution in [0.3, 0.4) is 0 Å². The molecule has 30 valence electrons. The molecular weight excluding hydrogens is 72.0 g/mol. The lowest BCUT2D eigenvalue weighted by Gasteiger charge is -1.34. The third-order valence-electron chi connectivity index (χ3n) is 0. The van der Waals surface area contributed by atoms with Crippen molar-refractivity contribution in [3.63, 3.8) is 0 Å². The van der Waals surface area contributed by atoms with Gasteiger partial charge in [0.1, 0.15) is 6.79 Å². The maximum absolute atomic E-state index is 8.36. The van der Waals surface area contributed by atoms with Crippen LogP contribution >= 0.6 is 0 Å². The minimum Gasteiger partial charge on any atom is -0.483 e. The molecule has 0 saturated heterocycles. The number of hydrogen-bond donors (Lipinski definition) is 1. The third-order valence-corrected chi connectivity index (χ3v) is 0. The lowest BCUT2D eigenvalue weighted by atomic mass is 11.7. The summed E-state index contributed by atoms with van der Waals surface area (Å²) in [5, 5.41) is 6.89. The maximum atomic E-state index is 8.36. The first kappa shape index (κ1) is 8.91. The molecule has 0 fully saturated rings. The summed E-state index contributed by atoms with van der Waals surface area (Å²) < 4.78 is 0. The van der Waals surface area contributed by atoms with Crippen molar-refractivity contribution in [1.82, 2.24) is 0 Å². The molecule has 0 unspecified atom stereocenters. The van der Waals surface area contributed by atoms with Gasteiger partial charge in [-0.15, -0.1) is 0 Å². The van der Waals surface area contributed by atoms with E-state index >= 15 is 0 Å². The molecule has 0 aliphatic carbocycles. The third kappa shape index (κ3) is 5.52. The minimum absolute atomic E-state index is 0.250. The molecule has 0 aromatic rings. The van der Waals surface area contributed by atoms with Gasteiger partial charge in [0.25, 0.3) is 6.47 Å². The number of carbonyl (C=O) groups excluding carboxylic acids is 1. The first-order valence-corrected chi connectivity index (χ1v) is 0.783. The van der Waals surface area contributed by atoms with Crippen LogP contribution < -0.4 is 0 Å². The van der Waals surface area contributed by atoms with Crippen molar-refractivity contribution < 1.29 is 14.7 Å². The topological polar surface area (TPSA) is 54.4 Å². The van der Waals surface area contributed by atoms with Gasteiger partial charge < -0.3 is 9.90 Å². The molecule has 0 aliphatic heterocycles. The highest BCUT2D eigenvalue weighted by molar-refractivity contribution is 5.32. The van der Waals surface area contributed by atoms with Gasteiger partial charge in [0.15, 0.2) is 0 Å². The van der Waals surface area contributed by atoms with E-state index in [1.54, 1.807) is 0 Å². The van der Waals surface area contributed by atoms with E-state index in [1.807, 2.05) is 6.79 Å². The molecule has 0 spiro atoms. The molecule has 0 amide bonds. The van der Waals surface area contributed by atoms with Gasteiger partial charge in [-0.05, 0) is 0 Å². The van der Waals surface area contributed by atoms with Crippen LogP contribution in [0.2, 0.25) is 0 Å². The molecule has 0 heterocycles.